The maximum Gasteiger partial charge on any atom is 0.143 e. The first-order chi connectivity index (χ1) is 40.4. The second-order valence-electron chi connectivity index (χ2n) is 23.0. The van der Waals surface area contributed by atoms with E-state index < -0.39 is 0 Å². The molecule has 0 N–H and O–H groups in total. The monoisotopic (exact) mass is 1040 g/mol. The molecule has 15 aromatic carbocycles. The summed E-state index contributed by atoms with van der Waals surface area (Å²) in [4.78, 5) is 0. The molecule has 1 heterocycles. The highest BCUT2D eigenvalue weighted by atomic mass is 16.3. The van der Waals surface area contributed by atoms with Crippen LogP contribution in [0.15, 0.2) is 283 Å². The number of fused-ring (bicyclic) bond motifs is 12. The summed E-state index contributed by atoms with van der Waals surface area (Å²) in [6.45, 7) is 4.72. The average molecular weight is 1040 g/mol. The minimum absolute atomic E-state index is 0.0632. The average Bonchev–Trinajstić information content (AvgIpc) is 4.15. The van der Waals surface area contributed by atoms with Gasteiger partial charge in [0, 0.05) is 21.8 Å². The van der Waals surface area contributed by atoms with E-state index >= 15 is 0 Å². The molecule has 0 amide bonds. The van der Waals surface area contributed by atoms with E-state index in [1.54, 1.807) is 0 Å². The van der Waals surface area contributed by atoms with Gasteiger partial charge in [-0.3, -0.25) is 0 Å². The Labute approximate surface area is 475 Å². The Bertz CT molecular complexity index is 5260. The van der Waals surface area contributed by atoms with E-state index in [4.69, 9.17) is 4.42 Å². The number of hydrogen-bond donors (Lipinski definition) is 0. The van der Waals surface area contributed by atoms with Crippen molar-refractivity contribution in [3.63, 3.8) is 0 Å². The number of furan rings is 1. The third-order valence-electron chi connectivity index (χ3n) is 18.2. The van der Waals surface area contributed by atoms with Crippen LogP contribution in [0.25, 0.3) is 164 Å². The molecule has 0 aliphatic heterocycles. The van der Waals surface area contributed by atoms with Gasteiger partial charge < -0.3 is 4.42 Å². The lowest BCUT2D eigenvalue weighted by atomic mass is 9.81. The third-order valence-corrected chi connectivity index (χ3v) is 18.2. The lowest BCUT2D eigenvalue weighted by Gasteiger charge is -2.22. The molecular weight excluding hydrogens is 989 g/mol. The largest absolute Gasteiger partial charge is 0.455 e. The van der Waals surface area contributed by atoms with E-state index in [-0.39, 0.29) is 5.41 Å². The maximum atomic E-state index is 6.89. The highest BCUT2D eigenvalue weighted by Gasteiger charge is 2.35. The molecule has 1 aliphatic carbocycles. The van der Waals surface area contributed by atoms with E-state index in [0.717, 1.165) is 33.1 Å². The molecule has 0 fully saturated rings. The van der Waals surface area contributed by atoms with E-state index in [1.165, 1.54) is 143 Å². The van der Waals surface area contributed by atoms with Gasteiger partial charge in [-0.05, 0) is 191 Å². The summed E-state index contributed by atoms with van der Waals surface area (Å²) in [6.07, 6.45) is 0. The number of rotatable bonds is 6. The van der Waals surface area contributed by atoms with Crippen molar-refractivity contribution < 1.29 is 4.42 Å². The smallest absolute Gasteiger partial charge is 0.143 e. The second kappa shape index (κ2) is 17.8. The molecule has 0 atom stereocenters. The number of benzene rings is 15. The number of para-hydroxylation sites is 1. The van der Waals surface area contributed by atoms with Crippen molar-refractivity contribution >= 4 is 86.6 Å². The Morgan fingerprint density at radius 1 is 0.232 bits per heavy atom. The zero-order chi connectivity index (χ0) is 54.2. The Balaban J connectivity index is 0.742. The van der Waals surface area contributed by atoms with Gasteiger partial charge in [0.05, 0.1) is 0 Å². The van der Waals surface area contributed by atoms with Gasteiger partial charge in [0.1, 0.15) is 11.2 Å². The first-order valence-corrected chi connectivity index (χ1v) is 28.6. The lowest BCUT2D eigenvalue weighted by molar-refractivity contribution is 0.660. The van der Waals surface area contributed by atoms with Crippen LogP contribution in [-0.2, 0) is 5.41 Å². The molecule has 1 aliphatic rings. The van der Waals surface area contributed by atoms with E-state index in [2.05, 4.69) is 293 Å². The molecule has 0 unspecified atom stereocenters. The highest BCUT2D eigenvalue weighted by molar-refractivity contribution is 6.24. The van der Waals surface area contributed by atoms with Crippen molar-refractivity contribution in [3.05, 3.63) is 290 Å². The summed E-state index contributed by atoms with van der Waals surface area (Å²) in [6, 6.07) is 104. The normalized spacial score (nSPS) is 12.9. The third kappa shape index (κ3) is 7.00. The van der Waals surface area contributed by atoms with Gasteiger partial charge in [-0.2, -0.15) is 0 Å². The van der Waals surface area contributed by atoms with E-state index in [0.29, 0.717) is 0 Å². The summed E-state index contributed by atoms with van der Waals surface area (Å²) < 4.78 is 6.89. The SMILES string of the molecule is CC1(C)c2ccccc2-c2ccc(-c3cccc(-c4c5ccccc5c(-c5ccc6cc(-c7cccc8c7oc7ccc(-c9c%10ccccc%10c(-c%10ccc%11ccccc%11c%10)c%10ccccc9%10)cc78)ccc6c5)c5ccccc45)c3)cc21. The van der Waals surface area contributed by atoms with Crippen LogP contribution in [0.1, 0.15) is 25.0 Å². The van der Waals surface area contributed by atoms with Crippen LogP contribution in [-0.4, -0.2) is 0 Å². The molecule has 16 aromatic rings. The minimum Gasteiger partial charge on any atom is -0.455 e. The Hall–Kier alpha value is -10.3. The van der Waals surface area contributed by atoms with Gasteiger partial charge >= 0.3 is 0 Å². The topological polar surface area (TPSA) is 13.1 Å². The number of hydrogen-bond acceptors (Lipinski definition) is 1. The molecule has 0 bridgehead atoms. The predicted molar refractivity (Wildman–Crippen MR) is 349 cm³/mol. The zero-order valence-electron chi connectivity index (χ0n) is 45.5. The van der Waals surface area contributed by atoms with Crippen LogP contribution in [0.4, 0.5) is 0 Å². The van der Waals surface area contributed by atoms with Gasteiger partial charge in [0.25, 0.3) is 0 Å². The van der Waals surface area contributed by atoms with Gasteiger partial charge in [-0.15, -0.1) is 0 Å². The molecule has 1 aromatic heterocycles. The predicted octanol–water partition coefficient (Wildman–Crippen LogP) is 22.8. The van der Waals surface area contributed by atoms with Gasteiger partial charge in [0.15, 0.2) is 0 Å². The van der Waals surface area contributed by atoms with Crippen LogP contribution >= 0.6 is 0 Å². The lowest BCUT2D eigenvalue weighted by Crippen LogP contribution is -2.14. The van der Waals surface area contributed by atoms with Gasteiger partial charge in [-0.25, -0.2) is 0 Å². The van der Waals surface area contributed by atoms with E-state index in [1.807, 2.05) is 0 Å². The van der Waals surface area contributed by atoms with Crippen LogP contribution < -0.4 is 0 Å². The van der Waals surface area contributed by atoms with Crippen molar-refractivity contribution in [2.45, 2.75) is 19.3 Å². The van der Waals surface area contributed by atoms with Crippen molar-refractivity contribution in [3.8, 4) is 77.9 Å². The molecule has 0 saturated heterocycles. The fourth-order valence-corrected chi connectivity index (χ4v) is 14.3. The summed E-state index contributed by atoms with van der Waals surface area (Å²) in [5, 5.41) is 17.0. The molecule has 82 heavy (non-hydrogen) atoms. The second-order valence-corrected chi connectivity index (χ2v) is 23.0. The first kappa shape index (κ1) is 46.6. The van der Waals surface area contributed by atoms with Crippen LogP contribution in [0, 0.1) is 0 Å². The van der Waals surface area contributed by atoms with Crippen molar-refractivity contribution in [1.29, 1.82) is 0 Å². The Morgan fingerprint density at radius 3 is 1.23 bits per heavy atom. The van der Waals surface area contributed by atoms with Crippen LogP contribution in [0.2, 0.25) is 0 Å². The summed E-state index contributed by atoms with van der Waals surface area (Å²) in [5.74, 6) is 0. The quantitative estimate of drug-likeness (QED) is 0.151. The summed E-state index contributed by atoms with van der Waals surface area (Å²) in [7, 11) is 0. The van der Waals surface area contributed by atoms with E-state index in [9.17, 15) is 0 Å². The molecular formula is C81H52O. The summed E-state index contributed by atoms with van der Waals surface area (Å²) >= 11 is 0. The standard InChI is InChI=1S/C81H52O/c1-81(2)73-32-14-13-21-61(73)62-41-39-54(48-74(62)81)51-19-15-20-56(45-51)76-63-22-5-7-24-65(63)78(66-25-8-6-23-64(66)76)58-38-35-52-43-55(36-34-53(52)46-58)60-30-16-31-71-72-47-59(40-42-75(72)82-80(60)71)79-69-28-11-9-26-67(69)77(68-27-10-12-29-70(68)79)57-37-33-49-17-3-4-18-50(49)44-57/h3-48H,1-2H3. The molecule has 0 saturated carbocycles. The Morgan fingerprint density at radius 2 is 0.622 bits per heavy atom. The molecule has 382 valence electrons. The summed E-state index contributed by atoms with van der Waals surface area (Å²) in [5.41, 5.74) is 21.7. The van der Waals surface area contributed by atoms with Gasteiger partial charge in [0.2, 0.25) is 0 Å². The highest BCUT2D eigenvalue weighted by Crippen LogP contribution is 2.51. The van der Waals surface area contributed by atoms with Crippen LogP contribution in [0.3, 0.4) is 0 Å². The molecule has 17 rings (SSSR count). The zero-order valence-corrected chi connectivity index (χ0v) is 45.5. The Kier molecular flexibility index (Phi) is 10.1. The van der Waals surface area contributed by atoms with Crippen molar-refractivity contribution in [2.24, 2.45) is 0 Å². The van der Waals surface area contributed by atoms with Gasteiger partial charge in [-0.1, -0.05) is 250 Å². The van der Waals surface area contributed by atoms with Crippen molar-refractivity contribution in [1.82, 2.24) is 0 Å². The fraction of sp³-hybridized carbons (Fsp3) is 0.0370. The molecule has 1 heteroatoms. The van der Waals surface area contributed by atoms with Crippen molar-refractivity contribution in [2.75, 3.05) is 0 Å². The molecule has 0 spiro atoms. The van der Waals surface area contributed by atoms with Crippen LogP contribution in [0.5, 0.6) is 0 Å². The first-order valence-electron chi connectivity index (χ1n) is 28.6. The minimum atomic E-state index is -0.0632. The maximum absolute atomic E-state index is 6.89. The molecule has 1 nitrogen and oxygen atoms in total. The molecule has 0 radical (unpaired) electrons. The fourth-order valence-electron chi connectivity index (χ4n) is 14.3.